The van der Waals surface area contributed by atoms with Gasteiger partial charge in [0.05, 0.1) is 5.75 Å². The number of carboxylic acids is 1. The summed E-state index contributed by atoms with van der Waals surface area (Å²) in [6.45, 7) is 1.63. The molecular formula is C11H12ClFO3S. The van der Waals surface area contributed by atoms with Gasteiger partial charge in [-0.15, -0.1) is 0 Å². The number of carbonyl (C=O) groups is 1. The van der Waals surface area contributed by atoms with Gasteiger partial charge in [-0.05, 0) is 24.6 Å². The summed E-state index contributed by atoms with van der Waals surface area (Å²) in [5.41, 5.74) is 0.176. The molecule has 0 saturated carbocycles. The highest BCUT2D eigenvalue weighted by Crippen LogP contribution is 2.18. The first-order valence-corrected chi connectivity index (χ1v) is 6.75. The SMILES string of the molecule is CCC(C(=O)O)S(=O)Cc1cc(Cl)ccc1F. The van der Waals surface area contributed by atoms with Gasteiger partial charge in [0.15, 0.2) is 0 Å². The van der Waals surface area contributed by atoms with Crippen molar-refractivity contribution in [2.45, 2.75) is 24.3 Å². The summed E-state index contributed by atoms with van der Waals surface area (Å²) >= 11 is 5.69. The number of carboxylic acid groups (broad SMARTS) is 1. The predicted molar refractivity (Wildman–Crippen MR) is 65.0 cm³/mol. The number of halogens is 2. The largest absolute Gasteiger partial charge is 0.480 e. The standard InChI is InChI=1S/C11H12ClFO3S/c1-2-10(11(14)15)17(16)6-7-5-8(12)3-4-9(7)13/h3-5,10H,2,6H2,1H3,(H,14,15). The van der Waals surface area contributed by atoms with Crippen molar-refractivity contribution in [1.29, 1.82) is 0 Å². The molecule has 0 bridgehead atoms. The maximum atomic E-state index is 13.4. The van der Waals surface area contributed by atoms with Crippen LogP contribution in [-0.4, -0.2) is 20.5 Å². The van der Waals surface area contributed by atoms with Crippen molar-refractivity contribution in [1.82, 2.24) is 0 Å². The summed E-state index contributed by atoms with van der Waals surface area (Å²) in [4.78, 5) is 10.8. The molecule has 0 fully saturated rings. The molecule has 0 aromatic heterocycles. The normalized spacial score (nSPS) is 14.3. The molecule has 1 aromatic rings. The maximum absolute atomic E-state index is 13.4. The van der Waals surface area contributed by atoms with Gasteiger partial charge in [0, 0.05) is 21.4 Å². The Morgan fingerprint density at radius 2 is 2.24 bits per heavy atom. The average molecular weight is 279 g/mol. The molecule has 0 aliphatic heterocycles. The fourth-order valence-corrected chi connectivity index (χ4v) is 2.90. The van der Waals surface area contributed by atoms with Crippen LogP contribution in [0.4, 0.5) is 4.39 Å². The zero-order chi connectivity index (χ0) is 13.0. The minimum atomic E-state index is -1.66. The molecule has 0 spiro atoms. The molecule has 94 valence electrons. The second-order valence-electron chi connectivity index (χ2n) is 3.50. The molecule has 0 radical (unpaired) electrons. The smallest absolute Gasteiger partial charge is 0.319 e. The fourth-order valence-electron chi connectivity index (χ4n) is 1.38. The molecule has 0 aliphatic carbocycles. The van der Waals surface area contributed by atoms with E-state index in [0.717, 1.165) is 0 Å². The summed E-state index contributed by atoms with van der Waals surface area (Å²) in [7, 11) is -1.66. The maximum Gasteiger partial charge on any atom is 0.319 e. The topological polar surface area (TPSA) is 54.4 Å². The molecule has 6 heteroatoms. The highest BCUT2D eigenvalue weighted by atomic mass is 35.5. The molecule has 1 rings (SSSR count). The number of hydrogen-bond donors (Lipinski definition) is 1. The number of aliphatic carboxylic acids is 1. The zero-order valence-corrected chi connectivity index (χ0v) is 10.7. The molecule has 1 aromatic carbocycles. The van der Waals surface area contributed by atoms with Crippen LogP contribution in [0.25, 0.3) is 0 Å². The van der Waals surface area contributed by atoms with Crippen LogP contribution in [-0.2, 0) is 21.3 Å². The number of hydrogen-bond acceptors (Lipinski definition) is 2. The van der Waals surface area contributed by atoms with E-state index in [0.29, 0.717) is 5.02 Å². The molecule has 1 N–H and O–H groups in total. The Bertz CT molecular complexity index is 450. The van der Waals surface area contributed by atoms with Crippen LogP contribution in [0.15, 0.2) is 18.2 Å². The van der Waals surface area contributed by atoms with Crippen molar-refractivity contribution in [3.8, 4) is 0 Å². The van der Waals surface area contributed by atoms with E-state index in [9.17, 15) is 13.4 Å². The molecule has 0 amide bonds. The van der Waals surface area contributed by atoms with Gasteiger partial charge in [-0.2, -0.15) is 0 Å². The zero-order valence-electron chi connectivity index (χ0n) is 9.15. The van der Waals surface area contributed by atoms with Gasteiger partial charge in [0.2, 0.25) is 0 Å². The lowest BCUT2D eigenvalue weighted by atomic mass is 10.2. The molecule has 2 unspecified atom stereocenters. The van der Waals surface area contributed by atoms with E-state index >= 15 is 0 Å². The van der Waals surface area contributed by atoms with E-state index < -0.39 is 27.8 Å². The van der Waals surface area contributed by atoms with Crippen LogP contribution in [0.1, 0.15) is 18.9 Å². The second kappa shape index (κ2) is 6.12. The molecule has 0 aliphatic rings. The first kappa shape index (κ1) is 14.1. The van der Waals surface area contributed by atoms with Crippen molar-refractivity contribution in [2.24, 2.45) is 0 Å². The monoisotopic (exact) mass is 278 g/mol. The molecule has 2 atom stereocenters. The Morgan fingerprint density at radius 3 is 2.76 bits per heavy atom. The summed E-state index contributed by atoms with van der Waals surface area (Å²) in [5, 5.41) is 8.19. The minimum Gasteiger partial charge on any atom is -0.480 e. The van der Waals surface area contributed by atoms with Crippen LogP contribution < -0.4 is 0 Å². The van der Waals surface area contributed by atoms with E-state index in [1.54, 1.807) is 6.92 Å². The Balaban J connectivity index is 2.87. The van der Waals surface area contributed by atoms with Crippen molar-refractivity contribution in [2.75, 3.05) is 0 Å². The van der Waals surface area contributed by atoms with Crippen molar-refractivity contribution in [3.63, 3.8) is 0 Å². The first-order valence-electron chi connectivity index (χ1n) is 4.99. The predicted octanol–water partition coefficient (Wildman–Crippen LogP) is 2.59. The van der Waals surface area contributed by atoms with Gasteiger partial charge >= 0.3 is 5.97 Å². The number of benzene rings is 1. The van der Waals surface area contributed by atoms with Crippen LogP contribution in [0.3, 0.4) is 0 Å². The lowest BCUT2D eigenvalue weighted by Gasteiger charge is -2.10. The van der Waals surface area contributed by atoms with Gasteiger partial charge in [-0.1, -0.05) is 18.5 Å². The first-order chi connectivity index (χ1) is 7.95. The van der Waals surface area contributed by atoms with Crippen LogP contribution >= 0.6 is 11.6 Å². The Kier molecular flexibility index (Phi) is 5.08. The molecule has 0 saturated heterocycles. The highest BCUT2D eigenvalue weighted by molar-refractivity contribution is 7.85. The quantitative estimate of drug-likeness (QED) is 0.901. The Labute approximate surface area is 106 Å². The lowest BCUT2D eigenvalue weighted by Crippen LogP contribution is -2.25. The summed E-state index contributed by atoms with van der Waals surface area (Å²) in [5.74, 6) is -1.80. The van der Waals surface area contributed by atoms with E-state index in [1.807, 2.05) is 0 Å². The van der Waals surface area contributed by atoms with Crippen molar-refractivity contribution in [3.05, 3.63) is 34.6 Å². The highest BCUT2D eigenvalue weighted by Gasteiger charge is 2.23. The third-order valence-electron chi connectivity index (χ3n) is 2.27. The third-order valence-corrected chi connectivity index (χ3v) is 4.27. The summed E-state index contributed by atoms with van der Waals surface area (Å²) in [6.07, 6.45) is 0.240. The fraction of sp³-hybridized carbons (Fsp3) is 0.364. The van der Waals surface area contributed by atoms with E-state index in [2.05, 4.69) is 0 Å². The lowest BCUT2D eigenvalue weighted by molar-refractivity contribution is -0.136. The van der Waals surface area contributed by atoms with Crippen LogP contribution in [0.2, 0.25) is 5.02 Å². The third kappa shape index (κ3) is 3.78. The van der Waals surface area contributed by atoms with E-state index in [1.165, 1.54) is 18.2 Å². The molecule has 17 heavy (non-hydrogen) atoms. The average Bonchev–Trinajstić information content (AvgIpc) is 2.24. The van der Waals surface area contributed by atoms with Gasteiger partial charge in [-0.25, -0.2) is 4.39 Å². The Hall–Kier alpha value is -0.940. The van der Waals surface area contributed by atoms with Crippen LogP contribution in [0, 0.1) is 5.82 Å². The molecular weight excluding hydrogens is 267 g/mol. The summed E-state index contributed by atoms with van der Waals surface area (Å²) in [6, 6.07) is 3.93. The molecule has 3 nitrogen and oxygen atoms in total. The second-order valence-corrected chi connectivity index (χ2v) is 5.55. The van der Waals surface area contributed by atoms with Crippen molar-refractivity contribution >= 4 is 28.4 Å². The van der Waals surface area contributed by atoms with Gasteiger partial charge in [0.25, 0.3) is 0 Å². The number of rotatable bonds is 5. The summed E-state index contributed by atoms with van der Waals surface area (Å²) < 4.78 is 25.1. The molecule has 0 heterocycles. The van der Waals surface area contributed by atoms with Gasteiger partial charge < -0.3 is 5.11 Å². The van der Waals surface area contributed by atoms with Crippen LogP contribution in [0.5, 0.6) is 0 Å². The van der Waals surface area contributed by atoms with E-state index in [-0.39, 0.29) is 17.7 Å². The Morgan fingerprint density at radius 1 is 1.59 bits per heavy atom. The van der Waals surface area contributed by atoms with Crippen molar-refractivity contribution < 1.29 is 18.5 Å². The van der Waals surface area contributed by atoms with Gasteiger partial charge in [0.1, 0.15) is 11.1 Å². The van der Waals surface area contributed by atoms with E-state index in [4.69, 9.17) is 16.7 Å². The minimum absolute atomic E-state index is 0.142. The van der Waals surface area contributed by atoms with Gasteiger partial charge in [-0.3, -0.25) is 9.00 Å².